The van der Waals surface area contributed by atoms with E-state index in [2.05, 4.69) is 31.2 Å². The molecule has 10 nitrogen and oxygen atoms in total. The zero-order valence-electron chi connectivity index (χ0n) is 22.0. The van der Waals surface area contributed by atoms with Crippen LogP contribution < -0.4 is 21.3 Å². The van der Waals surface area contributed by atoms with Gasteiger partial charge in [0.25, 0.3) is 5.91 Å². The summed E-state index contributed by atoms with van der Waals surface area (Å²) in [4.78, 5) is 34.2. The lowest BCUT2D eigenvalue weighted by molar-refractivity contribution is -0.121. The van der Waals surface area contributed by atoms with Crippen molar-refractivity contribution in [2.24, 2.45) is 11.8 Å². The van der Waals surface area contributed by atoms with Crippen LogP contribution in [0.3, 0.4) is 0 Å². The molecule has 0 spiro atoms. The van der Waals surface area contributed by atoms with Crippen molar-refractivity contribution in [1.82, 2.24) is 24.9 Å². The summed E-state index contributed by atoms with van der Waals surface area (Å²) in [7, 11) is 0. The third kappa shape index (κ3) is 6.50. The molecule has 206 valence electrons. The predicted molar refractivity (Wildman–Crippen MR) is 151 cm³/mol. The predicted octanol–water partition coefficient (Wildman–Crippen LogP) is 4.53. The van der Waals surface area contributed by atoms with E-state index in [1.807, 2.05) is 6.07 Å². The van der Waals surface area contributed by atoms with Gasteiger partial charge in [-0.3, -0.25) is 9.59 Å². The van der Waals surface area contributed by atoms with Gasteiger partial charge in [0, 0.05) is 42.9 Å². The quantitative estimate of drug-likeness (QED) is 0.271. The molecule has 0 aromatic carbocycles. The molecule has 0 unspecified atom stereocenters. The Hall–Kier alpha value is -3.24. The van der Waals surface area contributed by atoms with Gasteiger partial charge < -0.3 is 21.3 Å². The molecular formula is C28H35ClN8O2. The third-order valence-corrected chi connectivity index (χ3v) is 8.22. The van der Waals surface area contributed by atoms with Gasteiger partial charge in [-0.2, -0.15) is 0 Å². The van der Waals surface area contributed by atoms with Gasteiger partial charge in [0.15, 0.2) is 11.3 Å². The van der Waals surface area contributed by atoms with Gasteiger partial charge in [-0.15, -0.1) is 5.10 Å². The number of nitrogens with zero attached hydrogens (tertiary/aromatic N) is 4. The SMILES string of the molecule is O=C(CC1CCC(Nc2cc(NC3CC3)c3ncc(C(=O)Nc4ccnc(Cl)c4)n3n2)CC1)C[C@H]1CCNC1. The van der Waals surface area contributed by atoms with E-state index in [9.17, 15) is 9.59 Å². The largest absolute Gasteiger partial charge is 0.379 e. The van der Waals surface area contributed by atoms with Crippen LogP contribution in [0.1, 0.15) is 68.3 Å². The van der Waals surface area contributed by atoms with Crippen LogP contribution in [0.25, 0.3) is 5.65 Å². The van der Waals surface area contributed by atoms with Crippen LogP contribution in [0.15, 0.2) is 30.6 Å². The van der Waals surface area contributed by atoms with Crippen molar-refractivity contribution in [1.29, 1.82) is 0 Å². The number of rotatable bonds is 10. The fourth-order valence-electron chi connectivity index (χ4n) is 5.76. The summed E-state index contributed by atoms with van der Waals surface area (Å²) in [6.45, 7) is 2.02. The van der Waals surface area contributed by atoms with Crippen LogP contribution >= 0.6 is 11.6 Å². The molecule has 0 radical (unpaired) electrons. The van der Waals surface area contributed by atoms with Crippen molar-refractivity contribution in [3.8, 4) is 0 Å². The first-order valence-electron chi connectivity index (χ1n) is 14.1. The fraction of sp³-hybridized carbons (Fsp3) is 0.536. The molecule has 1 saturated heterocycles. The van der Waals surface area contributed by atoms with Gasteiger partial charge in [-0.1, -0.05) is 11.6 Å². The van der Waals surface area contributed by atoms with Crippen molar-refractivity contribution in [2.45, 2.75) is 69.9 Å². The van der Waals surface area contributed by atoms with Crippen LogP contribution in [0.2, 0.25) is 5.15 Å². The molecule has 4 N–H and O–H groups in total. The summed E-state index contributed by atoms with van der Waals surface area (Å²) in [5.74, 6) is 1.79. The number of fused-ring (bicyclic) bond motifs is 1. The van der Waals surface area contributed by atoms with Crippen LogP contribution in [-0.2, 0) is 4.79 Å². The summed E-state index contributed by atoms with van der Waals surface area (Å²) < 4.78 is 1.60. The van der Waals surface area contributed by atoms with E-state index in [1.54, 1.807) is 29.0 Å². The molecule has 1 atom stereocenters. The molecule has 3 aromatic rings. The maximum Gasteiger partial charge on any atom is 0.276 e. The average Bonchev–Trinajstić information content (AvgIpc) is 3.38. The Morgan fingerprint density at radius 2 is 1.74 bits per heavy atom. The van der Waals surface area contributed by atoms with Crippen molar-refractivity contribution < 1.29 is 9.59 Å². The highest BCUT2D eigenvalue weighted by Gasteiger charge is 2.27. The first-order valence-corrected chi connectivity index (χ1v) is 14.4. The van der Waals surface area contributed by atoms with Crippen molar-refractivity contribution in [3.63, 3.8) is 0 Å². The lowest BCUT2D eigenvalue weighted by Gasteiger charge is -2.29. The summed E-state index contributed by atoms with van der Waals surface area (Å²) in [6, 6.07) is 5.97. The van der Waals surface area contributed by atoms with E-state index >= 15 is 0 Å². The zero-order chi connectivity index (χ0) is 26.8. The van der Waals surface area contributed by atoms with E-state index in [0.29, 0.717) is 58.1 Å². The molecule has 3 fully saturated rings. The molecular weight excluding hydrogens is 516 g/mol. The smallest absolute Gasteiger partial charge is 0.276 e. The first kappa shape index (κ1) is 26.0. The normalized spacial score (nSPS) is 23.1. The lowest BCUT2D eigenvalue weighted by atomic mass is 9.82. The average molecular weight is 551 g/mol. The Kier molecular flexibility index (Phi) is 7.65. The highest BCUT2D eigenvalue weighted by Crippen LogP contribution is 2.32. The Morgan fingerprint density at radius 3 is 2.49 bits per heavy atom. The minimum atomic E-state index is -0.328. The van der Waals surface area contributed by atoms with Crippen molar-refractivity contribution in [3.05, 3.63) is 41.4 Å². The lowest BCUT2D eigenvalue weighted by Crippen LogP contribution is -2.28. The summed E-state index contributed by atoms with van der Waals surface area (Å²) in [6.07, 6.45) is 11.9. The number of hydrogen-bond acceptors (Lipinski definition) is 8. The number of carbonyl (C=O) groups is 2. The zero-order valence-corrected chi connectivity index (χ0v) is 22.7. The van der Waals surface area contributed by atoms with Crippen molar-refractivity contribution >= 4 is 46.1 Å². The molecule has 39 heavy (non-hydrogen) atoms. The summed E-state index contributed by atoms with van der Waals surface area (Å²) in [5.41, 5.74) is 2.36. The number of halogens is 1. The number of carbonyl (C=O) groups excluding carboxylic acids is 2. The highest BCUT2D eigenvalue weighted by atomic mass is 35.5. The molecule has 0 bridgehead atoms. The van der Waals surface area contributed by atoms with Gasteiger partial charge in [0.05, 0.1) is 11.9 Å². The molecule has 11 heteroatoms. The second-order valence-electron chi connectivity index (χ2n) is 11.2. The van der Waals surface area contributed by atoms with Gasteiger partial charge in [0.2, 0.25) is 0 Å². The van der Waals surface area contributed by atoms with Crippen LogP contribution in [0.4, 0.5) is 17.2 Å². The van der Waals surface area contributed by atoms with Gasteiger partial charge >= 0.3 is 0 Å². The van der Waals surface area contributed by atoms with Gasteiger partial charge in [-0.05, 0) is 82.0 Å². The minimum Gasteiger partial charge on any atom is -0.379 e. The number of hydrogen-bond donors (Lipinski definition) is 4. The Morgan fingerprint density at radius 1 is 0.974 bits per heavy atom. The molecule has 2 aliphatic carbocycles. The molecule has 1 amide bonds. The maximum absolute atomic E-state index is 13.1. The van der Waals surface area contributed by atoms with Crippen LogP contribution in [0.5, 0.6) is 0 Å². The second kappa shape index (κ2) is 11.5. The number of amides is 1. The van der Waals surface area contributed by atoms with Crippen LogP contribution in [-0.4, -0.2) is 56.4 Å². The Labute approximate surface area is 232 Å². The molecule has 1 aliphatic heterocycles. The van der Waals surface area contributed by atoms with E-state index in [-0.39, 0.29) is 11.9 Å². The minimum absolute atomic E-state index is 0.272. The summed E-state index contributed by atoms with van der Waals surface area (Å²) >= 11 is 5.98. The van der Waals surface area contributed by atoms with Gasteiger partial charge in [-0.25, -0.2) is 14.5 Å². The standard InChI is InChI=1S/C28H35ClN8O2/c29-25-13-21(8-10-31-25)35-28(39)24-16-32-27-23(33-19-5-6-19)14-26(36-37(24)27)34-20-3-1-17(2-4-20)11-22(38)12-18-7-9-30-15-18/h8,10,13-14,16-20,30,33H,1-7,9,11-12,15H2,(H,34,36)(H,31,35,39)/t17?,18-,20?/m1/s1. The van der Waals surface area contributed by atoms with Gasteiger partial charge in [0.1, 0.15) is 16.8 Å². The molecule has 6 rings (SSSR count). The molecule has 3 aliphatic rings. The number of imidazole rings is 1. The Bertz CT molecular complexity index is 1340. The van der Waals surface area contributed by atoms with E-state index in [1.165, 1.54) is 0 Å². The topological polar surface area (TPSA) is 125 Å². The Balaban J connectivity index is 1.13. The fourth-order valence-corrected chi connectivity index (χ4v) is 5.93. The van der Waals surface area contributed by atoms with E-state index in [0.717, 1.165) is 70.1 Å². The van der Waals surface area contributed by atoms with E-state index < -0.39 is 0 Å². The van der Waals surface area contributed by atoms with Crippen molar-refractivity contribution in [2.75, 3.05) is 29.0 Å². The number of anilines is 3. The monoisotopic (exact) mass is 550 g/mol. The number of aromatic nitrogens is 4. The number of Topliss-reactive ketones (excluding diaryl/α,β-unsaturated/α-hetero) is 1. The highest BCUT2D eigenvalue weighted by molar-refractivity contribution is 6.29. The third-order valence-electron chi connectivity index (χ3n) is 8.02. The number of pyridine rings is 1. The van der Waals surface area contributed by atoms with Crippen LogP contribution in [0, 0.1) is 11.8 Å². The molecule has 4 heterocycles. The molecule has 3 aromatic heterocycles. The van der Waals surface area contributed by atoms with E-state index in [4.69, 9.17) is 16.7 Å². The molecule has 2 saturated carbocycles. The maximum atomic E-state index is 13.1. The first-order chi connectivity index (χ1) is 19.0. The summed E-state index contributed by atoms with van der Waals surface area (Å²) in [5, 5.41) is 18.4. The number of ketones is 1. The second-order valence-corrected chi connectivity index (χ2v) is 11.6. The number of nitrogens with one attached hydrogen (secondary N) is 4.